The molecule has 1 aromatic heterocycles. The zero-order valence-corrected chi connectivity index (χ0v) is 11.1. The highest BCUT2D eigenvalue weighted by Gasteiger charge is 2.15. The maximum absolute atomic E-state index is 5.78. The smallest absolute Gasteiger partial charge is 0.0967 e. The summed E-state index contributed by atoms with van der Waals surface area (Å²) in [5.74, 6) is 0.726. The van der Waals surface area contributed by atoms with E-state index in [4.69, 9.17) is 11.6 Å². The molecule has 0 aliphatic carbocycles. The molecule has 0 spiro atoms. The molecule has 1 saturated heterocycles. The molecule has 1 fully saturated rings. The van der Waals surface area contributed by atoms with Gasteiger partial charge in [-0.25, -0.2) is 0 Å². The lowest BCUT2D eigenvalue weighted by atomic mass is 10.3. The first-order valence-corrected chi connectivity index (χ1v) is 6.67. The molecule has 2 heterocycles. The van der Waals surface area contributed by atoms with E-state index < -0.39 is 0 Å². The van der Waals surface area contributed by atoms with Gasteiger partial charge in [-0.05, 0) is 19.5 Å². The summed E-state index contributed by atoms with van der Waals surface area (Å²) >= 11 is 5.78. The van der Waals surface area contributed by atoms with Gasteiger partial charge in [0.2, 0.25) is 0 Å². The van der Waals surface area contributed by atoms with Crippen LogP contribution in [0.3, 0.4) is 0 Å². The van der Waals surface area contributed by atoms with Gasteiger partial charge in [0.15, 0.2) is 0 Å². The van der Waals surface area contributed by atoms with Crippen LogP contribution in [0.15, 0.2) is 6.20 Å². The zero-order valence-electron chi connectivity index (χ0n) is 10.3. The zero-order chi connectivity index (χ0) is 12.1. The summed E-state index contributed by atoms with van der Waals surface area (Å²) < 4.78 is 1.76. The van der Waals surface area contributed by atoms with Crippen LogP contribution in [0.4, 0.5) is 0 Å². The standard InChI is InChI=1S/C11H20ClN5/c1-15-9-11(13-14-15)10-17-5-2-4-16(6-3-12)7-8-17/h9H,2-8,10H2,1H3. The van der Waals surface area contributed by atoms with Crippen LogP contribution in [0.25, 0.3) is 0 Å². The lowest BCUT2D eigenvalue weighted by Gasteiger charge is -2.20. The Morgan fingerprint density at radius 1 is 1.24 bits per heavy atom. The predicted octanol–water partition coefficient (Wildman–Crippen LogP) is 0.562. The summed E-state index contributed by atoms with van der Waals surface area (Å²) in [6, 6.07) is 0. The van der Waals surface area contributed by atoms with Gasteiger partial charge in [-0.15, -0.1) is 16.7 Å². The highest BCUT2D eigenvalue weighted by molar-refractivity contribution is 6.18. The Hall–Kier alpha value is -0.650. The Labute approximate surface area is 107 Å². The van der Waals surface area contributed by atoms with Crippen molar-refractivity contribution < 1.29 is 0 Å². The number of halogens is 1. The Morgan fingerprint density at radius 2 is 2.00 bits per heavy atom. The maximum Gasteiger partial charge on any atom is 0.0967 e. The molecule has 0 bridgehead atoms. The fourth-order valence-corrected chi connectivity index (χ4v) is 2.46. The summed E-state index contributed by atoms with van der Waals surface area (Å²) in [4.78, 5) is 4.88. The van der Waals surface area contributed by atoms with E-state index in [9.17, 15) is 0 Å². The number of hydrogen-bond donors (Lipinski definition) is 0. The quantitative estimate of drug-likeness (QED) is 0.739. The van der Waals surface area contributed by atoms with Crippen molar-refractivity contribution >= 4 is 11.6 Å². The Morgan fingerprint density at radius 3 is 2.71 bits per heavy atom. The van der Waals surface area contributed by atoms with Crippen LogP contribution in [0.2, 0.25) is 0 Å². The largest absolute Gasteiger partial charge is 0.301 e. The third-order valence-electron chi connectivity index (χ3n) is 3.12. The Bertz CT molecular complexity index is 340. The van der Waals surface area contributed by atoms with Crippen molar-refractivity contribution in [3.63, 3.8) is 0 Å². The molecule has 2 rings (SSSR count). The number of rotatable bonds is 4. The highest BCUT2D eigenvalue weighted by atomic mass is 35.5. The SMILES string of the molecule is Cn1cc(CN2CCCN(CCCl)CC2)nn1. The summed E-state index contributed by atoms with van der Waals surface area (Å²) in [7, 11) is 1.90. The molecule has 5 nitrogen and oxygen atoms in total. The van der Waals surface area contributed by atoms with Crippen molar-refractivity contribution in [2.24, 2.45) is 7.05 Å². The second-order valence-corrected chi connectivity index (χ2v) is 4.92. The van der Waals surface area contributed by atoms with Crippen molar-refractivity contribution in [2.75, 3.05) is 38.6 Å². The second-order valence-electron chi connectivity index (χ2n) is 4.54. The van der Waals surface area contributed by atoms with E-state index in [2.05, 4.69) is 20.1 Å². The fraction of sp³-hybridized carbons (Fsp3) is 0.818. The van der Waals surface area contributed by atoms with Crippen molar-refractivity contribution in [3.8, 4) is 0 Å². The van der Waals surface area contributed by atoms with E-state index >= 15 is 0 Å². The average molecular weight is 258 g/mol. The van der Waals surface area contributed by atoms with E-state index in [-0.39, 0.29) is 0 Å². The third kappa shape index (κ3) is 3.94. The minimum atomic E-state index is 0.726. The molecule has 1 aliphatic heterocycles. The minimum Gasteiger partial charge on any atom is -0.301 e. The molecular formula is C11H20ClN5. The summed E-state index contributed by atoms with van der Waals surface area (Å²) in [6.45, 7) is 6.39. The van der Waals surface area contributed by atoms with E-state index in [0.29, 0.717) is 0 Å². The lowest BCUT2D eigenvalue weighted by Crippen LogP contribution is -2.31. The van der Waals surface area contributed by atoms with Gasteiger partial charge in [0.1, 0.15) is 0 Å². The molecule has 1 aromatic rings. The normalized spacial score (nSPS) is 19.4. The topological polar surface area (TPSA) is 37.2 Å². The molecule has 0 saturated carbocycles. The van der Waals surface area contributed by atoms with Crippen LogP contribution in [0.1, 0.15) is 12.1 Å². The first-order valence-electron chi connectivity index (χ1n) is 6.14. The van der Waals surface area contributed by atoms with Gasteiger partial charge in [0, 0.05) is 45.3 Å². The van der Waals surface area contributed by atoms with Crippen LogP contribution < -0.4 is 0 Å². The van der Waals surface area contributed by atoms with E-state index in [0.717, 1.165) is 50.8 Å². The number of aromatic nitrogens is 3. The van der Waals surface area contributed by atoms with Crippen molar-refractivity contribution in [1.29, 1.82) is 0 Å². The van der Waals surface area contributed by atoms with Crippen LogP contribution in [0.5, 0.6) is 0 Å². The third-order valence-corrected chi connectivity index (χ3v) is 3.29. The van der Waals surface area contributed by atoms with Crippen molar-refractivity contribution in [2.45, 2.75) is 13.0 Å². The van der Waals surface area contributed by atoms with Gasteiger partial charge in [-0.1, -0.05) is 5.21 Å². The summed E-state index contributed by atoms with van der Waals surface area (Å²) in [5.41, 5.74) is 1.05. The van der Waals surface area contributed by atoms with Crippen LogP contribution in [-0.2, 0) is 13.6 Å². The van der Waals surface area contributed by atoms with E-state index in [1.807, 2.05) is 13.2 Å². The molecular weight excluding hydrogens is 238 g/mol. The molecule has 96 valence electrons. The van der Waals surface area contributed by atoms with Crippen LogP contribution in [-0.4, -0.2) is 63.4 Å². The van der Waals surface area contributed by atoms with E-state index in [1.165, 1.54) is 6.42 Å². The van der Waals surface area contributed by atoms with Gasteiger partial charge >= 0.3 is 0 Å². The van der Waals surface area contributed by atoms with Crippen molar-refractivity contribution in [3.05, 3.63) is 11.9 Å². The fourth-order valence-electron chi connectivity index (χ4n) is 2.22. The molecule has 0 atom stereocenters. The van der Waals surface area contributed by atoms with Crippen molar-refractivity contribution in [1.82, 2.24) is 24.8 Å². The number of aryl methyl sites for hydroxylation is 1. The average Bonchev–Trinajstić information content (AvgIpc) is 2.58. The van der Waals surface area contributed by atoms with Gasteiger partial charge in [0.05, 0.1) is 5.69 Å². The first-order chi connectivity index (χ1) is 8.28. The minimum absolute atomic E-state index is 0.726. The monoisotopic (exact) mass is 257 g/mol. The van der Waals surface area contributed by atoms with Gasteiger partial charge in [-0.3, -0.25) is 9.58 Å². The maximum atomic E-state index is 5.78. The molecule has 0 radical (unpaired) electrons. The Balaban J connectivity index is 1.82. The molecule has 0 unspecified atom stereocenters. The molecule has 1 aliphatic rings. The number of nitrogens with zero attached hydrogens (tertiary/aromatic N) is 5. The van der Waals surface area contributed by atoms with Gasteiger partial charge in [0.25, 0.3) is 0 Å². The first kappa shape index (κ1) is 12.8. The van der Waals surface area contributed by atoms with Crippen LogP contribution in [0, 0.1) is 0 Å². The van der Waals surface area contributed by atoms with Gasteiger partial charge in [-0.2, -0.15) is 0 Å². The summed E-state index contributed by atoms with van der Waals surface area (Å²) in [6.07, 6.45) is 3.19. The highest BCUT2D eigenvalue weighted by Crippen LogP contribution is 2.06. The molecule has 0 amide bonds. The molecule has 0 aromatic carbocycles. The lowest BCUT2D eigenvalue weighted by molar-refractivity contribution is 0.256. The number of hydrogen-bond acceptors (Lipinski definition) is 4. The van der Waals surface area contributed by atoms with Gasteiger partial charge < -0.3 is 4.90 Å². The molecule has 0 N–H and O–H groups in total. The van der Waals surface area contributed by atoms with Crippen LogP contribution >= 0.6 is 11.6 Å². The summed E-state index contributed by atoms with van der Waals surface area (Å²) in [5, 5.41) is 8.09. The van der Waals surface area contributed by atoms with E-state index in [1.54, 1.807) is 4.68 Å². The number of alkyl halides is 1. The Kier molecular flexibility index (Phi) is 4.76. The molecule has 6 heteroatoms. The second kappa shape index (κ2) is 6.33. The molecule has 17 heavy (non-hydrogen) atoms. The predicted molar refractivity (Wildman–Crippen MR) is 68.1 cm³/mol.